The monoisotopic (exact) mass is 423 g/mol. The Kier molecular flexibility index (Phi) is 6.28. The zero-order chi connectivity index (χ0) is 21.2. The van der Waals surface area contributed by atoms with E-state index in [0.29, 0.717) is 18.9 Å². The van der Waals surface area contributed by atoms with E-state index in [1.165, 1.54) is 18.3 Å². The number of aromatic nitrogens is 1. The number of halogens is 6. The van der Waals surface area contributed by atoms with Crippen LogP contribution in [0.4, 0.5) is 32.2 Å². The molecule has 1 aliphatic carbocycles. The van der Waals surface area contributed by atoms with Crippen molar-refractivity contribution in [3.05, 3.63) is 23.9 Å². The van der Waals surface area contributed by atoms with Gasteiger partial charge in [0.15, 0.2) is 0 Å². The molecule has 0 bridgehead atoms. The van der Waals surface area contributed by atoms with Gasteiger partial charge in [-0.15, -0.1) is 0 Å². The summed E-state index contributed by atoms with van der Waals surface area (Å²) >= 11 is 0. The summed E-state index contributed by atoms with van der Waals surface area (Å²) in [5.74, 6) is -4.46. The summed E-state index contributed by atoms with van der Waals surface area (Å²) in [6, 6.07) is 1.82. The summed E-state index contributed by atoms with van der Waals surface area (Å²) < 4.78 is 78.9. The highest BCUT2D eigenvalue weighted by Gasteiger charge is 2.52. The van der Waals surface area contributed by atoms with Crippen LogP contribution in [0.1, 0.15) is 48.9 Å². The molecule has 2 heterocycles. The first kappa shape index (κ1) is 21.7. The molecule has 0 radical (unpaired) electrons. The third-order valence-corrected chi connectivity index (χ3v) is 5.66. The number of carbonyl (C=O) groups is 1. The molecule has 4 nitrogen and oxygen atoms in total. The van der Waals surface area contributed by atoms with Crippen molar-refractivity contribution in [1.82, 2.24) is 10.3 Å². The van der Waals surface area contributed by atoms with Crippen molar-refractivity contribution in [2.75, 3.05) is 18.0 Å². The SMILES string of the molecule is O=C(NC1C[C@@H](C(F)(F)F)C[C@@H](C(F)(F)F)C1)c1cccnc1N1CCCCC1. The van der Waals surface area contributed by atoms with E-state index in [2.05, 4.69) is 10.3 Å². The Morgan fingerprint density at radius 2 is 1.55 bits per heavy atom. The molecule has 10 heteroatoms. The Bertz CT molecular complexity index is 693. The number of alkyl halides is 6. The third kappa shape index (κ3) is 5.33. The maximum Gasteiger partial charge on any atom is 0.391 e. The molecule has 1 aromatic heterocycles. The number of nitrogens with zero attached hydrogens (tertiary/aromatic N) is 2. The molecule has 1 amide bonds. The summed E-state index contributed by atoms with van der Waals surface area (Å²) in [7, 11) is 0. The van der Waals surface area contributed by atoms with Crippen molar-refractivity contribution in [1.29, 1.82) is 0 Å². The second-order valence-corrected chi connectivity index (χ2v) is 7.78. The van der Waals surface area contributed by atoms with E-state index < -0.39 is 55.4 Å². The standard InChI is InChI=1S/C19H23F6N3O/c20-18(21,22)12-9-13(19(23,24)25)11-14(10-12)27-17(29)15-5-4-6-26-16(15)28-7-2-1-3-8-28/h4-6,12-14H,1-3,7-11H2,(H,27,29)/t12-,13+,14?. The first-order valence-electron chi connectivity index (χ1n) is 9.70. The topological polar surface area (TPSA) is 45.2 Å². The predicted molar refractivity (Wildman–Crippen MR) is 94.5 cm³/mol. The van der Waals surface area contributed by atoms with Gasteiger partial charge < -0.3 is 10.2 Å². The first-order chi connectivity index (χ1) is 13.6. The molecule has 1 aromatic rings. The summed E-state index contributed by atoms with van der Waals surface area (Å²) in [5, 5.41) is 2.41. The van der Waals surface area contributed by atoms with Gasteiger partial charge in [0.25, 0.3) is 5.91 Å². The molecule has 0 aromatic carbocycles. The van der Waals surface area contributed by atoms with E-state index in [1.54, 1.807) is 0 Å². The quantitative estimate of drug-likeness (QED) is 0.717. The fourth-order valence-corrected chi connectivity index (χ4v) is 4.17. The van der Waals surface area contributed by atoms with Crippen LogP contribution >= 0.6 is 0 Å². The lowest BCUT2D eigenvalue weighted by Crippen LogP contribution is -2.47. The Balaban J connectivity index is 1.77. The summed E-state index contributed by atoms with van der Waals surface area (Å²) in [6.45, 7) is 1.40. The van der Waals surface area contributed by atoms with E-state index >= 15 is 0 Å². The fraction of sp³-hybridized carbons (Fsp3) is 0.684. The molecule has 1 aliphatic heterocycles. The van der Waals surface area contributed by atoms with Crippen molar-refractivity contribution < 1.29 is 31.1 Å². The van der Waals surface area contributed by atoms with E-state index in [9.17, 15) is 31.1 Å². The fourth-order valence-electron chi connectivity index (χ4n) is 4.17. The number of amides is 1. The number of piperidine rings is 1. The molecule has 2 fully saturated rings. The van der Waals surface area contributed by atoms with Crippen molar-refractivity contribution in [3.63, 3.8) is 0 Å². The number of anilines is 1. The van der Waals surface area contributed by atoms with Gasteiger partial charge in [0.1, 0.15) is 5.82 Å². The normalized spacial score (nSPS) is 26.3. The number of pyridine rings is 1. The lowest BCUT2D eigenvalue weighted by Gasteiger charge is -2.37. The summed E-state index contributed by atoms with van der Waals surface area (Å²) in [4.78, 5) is 18.9. The number of rotatable bonds is 3. The molecule has 1 unspecified atom stereocenters. The predicted octanol–water partition coefficient (Wildman–Crippen LogP) is 4.71. The van der Waals surface area contributed by atoms with Crippen molar-refractivity contribution in [3.8, 4) is 0 Å². The minimum Gasteiger partial charge on any atom is -0.356 e. The van der Waals surface area contributed by atoms with Crippen LogP contribution in [0.2, 0.25) is 0 Å². The van der Waals surface area contributed by atoms with Gasteiger partial charge in [-0.3, -0.25) is 4.79 Å². The molecule has 29 heavy (non-hydrogen) atoms. The third-order valence-electron chi connectivity index (χ3n) is 5.66. The van der Waals surface area contributed by atoms with Crippen molar-refractivity contribution in [2.24, 2.45) is 11.8 Å². The largest absolute Gasteiger partial charge is 0.391 e. The molecule has 1 saturated carbocycles. The Hall–Kier alpha value is -2.00. The molecule has 162 valence electrons. The van der Waals surface area contributed by atoms with Crippen molar-refractivity contribution in [2.45, 2.75) is 56.9 Å². The molecule has 0 spiro atoms. The summed E-state index contributed by atoms with van der Waals surface area (Å²) in [5.41, 5.74) is 0.173. The number of carbonyl (C=O) groups excluding carboxylic acids is 1. The zero-order valence-electron chi connectivity index (χ0n) is 15.7. The zero-order valence-corrected chi connectivity index (χ0v) is 15.7. The van der Waals surface area contributed by atoms with E-state index in [0.717, 1.165) is 19.3 Å². The number of hydrogen-bond donors (Lipinski definition) is 1. The van der Waals surface area contributed by atoms with E-state index in [-0.39, 0.29) is 5.56 Å². The van der Waals surface area contributed by atoms with Gasteiger partial charge in [-0.2, -0.15) is 26.3 Å². The van der Waals surface area contributed by atoms with E-state index in [1.807, 2.05) is 4.90 Å². The van der Waals surface area contributed by atoms with Crippen LogP contribution in [0.15, 0.2) is 18.3 Å². The second-order valence-electron chi connectivity index (χ2n) is 7.78. The summed E-state index contributed by atoms with van der Waals surface area (Å²) in [6.07, 6.45) is -7.14. The molecular formula is C19H23F6N3O. The van der Waals surface area contributed by atoms with Gasteiger partial charge in [-0.1, -0.05) is 0 Å². The van der Waals surface area contributed by atoms with Crippen LogP contribution in [0.3, 0.4) is 0 Å². The highest BCUT2D eigenvalue weighted by Crippen LogP contribution is 2.45. The highest BCUT2D eigenvalue weighted by molar-refractivity contribution is 5.99. The Morgan fingerprint density at radius 1 is 0.966 bits per heavy atom. The van der Waals surface area contributed by atoms with Crippen LogP contribution in [0.5, 0.6) is 0 Å². The van der Waals surface area contributed by atoms with Crippen LogP contribution in [0, 0.1) is 11.8 Å². The van der Waals surface area contributed by atoms with Crippen molar-refractivity contribution >= 4 is 11.7 Å². The lowest BCUT2D eigenvalue weighted by atomic mass is 9.77. The second kappa shape index (κ2) is 8.39. The van der Waals surface area contributed by atoms with Gasteiger partial charge >= 0.3 is 12.4 Å². The molecule has 2 aliphatic rings. The number of nitrogens with one attached hydrogen (secondary N) is 1. The molecule has 1 saturated heterocycles. The molecule has 3 rings (SSSR count). The minimum absolute atomic E-state index is 0.173. The average Bonchev–Trinajstić information content (AvgIpc) is 2.67. The Morgan fingerprint density at radius 3 is 2.10 bits per heavy atom. The Labute approximate surface area is 164 Å². The van der Waals surface area contributed by atoms with Gasteiger partial charge in [-0.25, -0.2) is 4.98 Å². The van der Waals surface area contributed by atoms with Gasteiger partial charge in [0.2, 0.25) is 0 Å². The van der Waals surface area contributed by atoms with Gasteiger partial charge in [0, 0.05) is 25.3 Å². The van der Waals surface area contributed by atoms with Crippen LogP contribution < -0.4 is 10.2 Å². The minimum atomic E-state index is -4.74. The molecule has 1 N–H and O–H groups in total. The average molecular weight is 423 g/mol. The van der Waals surface area contributed by atoms with Crippen LogP contribution in [0.25, 0.3) is 0 Å². The smallest absolute Gasteiger partial charge is 0.356 e. The van der Waals surface area contributed by atoms with E-state index in [4.69, 9.17) is 0 Å². The van der Waals surface area contributed by atoms with Gasteiger partial charge in [0.05, 0.1) is 17.4 Å². The lowest BCUT2D eigenvalue weighted by molar-refractivity contribution is -0.225. The first-order valence-corrected chi connectivity index (χ1v) is 9.70. The van der Waals surface area contributed by atoms with Gasteiger partial charge in [-0.05, 0) is 50.7 Å². The maximum atomic E-state index is 13.1. The maximum absolute atomic E-state index is 13.1. The number of hydrogen-bond acceptors (Lipinski definition) is 3. The highest BCUT2D eigenvalue weighted by atomic mass is 19.4. The van der Waals surface area contributed by atoms with Crippen LogP contribution in [-0.4, -0.2) is 42.4 Å². The molecular weight excluding hydrogens is 400 g/mol. The van der Waals surface area contributed by atoms with Crippen LogP contribution in [-0.2, 0) is 0 Å². The molecule has 3 atom stereocenters.